The highest BCUT2D eigenvalue weighted by Gasteiger charge is 2.29. The molecule has 1 atom stereocenters. The minimum absolute atomic E-state index is 0.00435. The molecular weight excluding hydrogens is 232 g/mol. The summed E-state index contributed by atoms with van der Waals surface area (Å²) >= 11 is 0. The van der Waals surface area contributed by atoms with Crippen molar-refractivity contribution in [2.75, 3.05) is 19.6 Å². The highest BCUT2D eigenvalue weighted by Crippen LogP contribution is 2.17. The summed E-state index contributed by atoms with van der Waals surface area (Å²) in [5, 5.41) is 11.9. The highest BCUT2D eigenvalue weighted by molar-refractivity contribution is 5.80. The largest absolute Gasteiger partial charge is 0.481 e. The molecule has 1 amide bonds. The number of nitrogens with one attached hydrogen (secondary N) is 1. The van der Waals surface area contributed by atoms with Crippen molar-refractivity contribution in [3.05, 3.63) is 0 Å². The van der Waals surface area contributed by atoms with Crippen molar-refractivity contribution in [3.8, 4) is 0 Å². The average molecular weight is 258 g/mol. The average Bonchev–Trinajstić information content (AvgIpc) is 2.23. The van der Waals surface area contributed by atoms with Crippen LogP contribution < -0.4 is 5.32 Å². The van der Waals surface area contributed by atoms with Crippen LogP contribution in [-0.4, -0.2) is 47.1 Å². The lowest BCUT2D eigenvalue weighted by molar-refractivity contribution is -0.142. The van der Waals surface area contributed by atoms with Crippen molar-refractivity contribution < 1.29 is 14.7 Å². The van der Waals surface area contributed by atoms with E-state index >= 15 is 0 Å². The predicted octanol–water partition coefficient (Wildman–Crippen LogP) is 1.33. The minimum Gasteiger partial charge on any atom is -0.481 e. The van der Waals surface area contributed by atoms with Crippen LogP contribution in [0.2, 0.25) is 0 Å². The molecule has 18 heavy (non-hydrogen) atoms. The topological polar surface area (TPSA) is 69.6 Å². The maximum atomic E-state index is 12.3. The number of nitrogens with zero attached hydrogens (tertiary/aromatic N) is 1. The van der Waals surface area contributed by atoms with E-state index in [0.717, 1.165) is 6.54 Å². The van der Waals surface area contributed by atoms with Gasteiger partial charge in [-0.1, -0.05) is 13.8 Å². The first-order valence-electron chi connectivity index (χ1n) is 6.44. The van der Waals surface area contributed by atoms with E-state index in [0.29, 0.717) is 6.54 Å². The van der Waals surface area contributed by atoms with Crippen LogP contribution in [0.25, 0.3) is 0 Å². The van der Waals surface area contributed by atoms with E-state index in [1.807, 2.05) is 34.6 Å². The zero-order chi connectivity index (χ0) is 14.3. The summed E-state index contributed by atoms with van der Waals surface area (Å²) in [5.74, 6) is -1.01. The van der Waals surface area contributed by atoms with E-state index < -0.39 is 5.97 Å². The third-order valence-electron chi connectivity index (χ3n) is 2.75. The molecule has 0 fully saturated rings. The molecule has 0 aromatic rings. The van der Waals surface area contributed by atoms with Crippen molar-refractivity contribution in [2.45, 2.75) is 46.6 Å². The molecule has 5 nitrogen and oxygen atoms in total. The molecule has 2 N–H and O–H groups in total. The van der Waals surface area contributed by atoms with Gasteiger partial charge in [-0.15, -0.1) is 0 Å². The Morgan fingerprint density at radius 2 is 1.89 bits per heavy atom. The first kappa shape index (κ1) is 16.9. The Hall–Kier alpha value is -1.10. The molecule has 0 spiro atoms. The maximum Gasteiger partial charge on any atom is 0.305 e. The second-order valence-corrected chi connectivity index (χ2v) is 5.51. The van der Waals surface area contributed by atoms with Gasteiger partial charge in [0.15, 0.2) is 0 Å². The molecule has 106 valence electrons. The van der Waals surface area contributed by atoms with Gasteiger partial charge in [0, 0.05) is 24.5 Å². The fourth-order valence-corrected chi connectivity index (χ4v) is 1.70. The number of carbonyl (C=O) groups is 2. The number of aliphatic carboxylic acids is 1. The van der Waals surface area contributed by atoms with Crippen LogP contribution in [0, 0.1) is 5.92 Å². The lowest BCUT2D eigenvalue weighted by Gasteiger charge is -2.37. The Labute approximate surface area is 110 Å². The number of carboxylic acid groups (broad SMARTS) is 1. The molecule has 0 aliphatic heterocycles. The summed E-state index contributed by atoms with van der Waals surface area (Å²) in [4.78, 5) is 24.6. The lowest BCUT2D eigenvalue weighted by atomic mass is 10.0. The van der Waals surface area contributed by atoms with Gasteiger partial charge in [-0.25, -0.2) is 0 Å². The van der Waals surface area contributed by atoms with Crippen molar-refractivity contribution in [2.24, 2.45) is 5.92 Å². The van der Waals surface area contributed by atoms with Gasteiger partial charge in [0.1, 0.15) is 0 Å². The Morgan fingerprint density at radius 3 is 2.28 bits per heavy atom. The molecule has 0 bridgehead atoms. The van der Waals surface area contributed by atoms with E-state index in [1.54, 1.807) is 4.90 Å². The quantitative estimate of drug-likeness (QED) is 0.723. The van der Waals surface area contributed by atoms with Crippen LogP contribution in [0.3, 0.4) is 0 Å². The third-order valence-corrected chi connectivity index (χ3v) is 2.75. The molecule has 0 saturated heterocycles. The summed E-state index contributed by atoms with van der Waals surface area (Å²) in [6.45, 7) is 11.3. The predicted molar refractivity (Wildman–Crippen MR) is 71.4 cm³/mol. The molecule has 0 radical (unpaired) electrons. The van der Waals surface area contributed by atoms with Gasteiger partial charge < -0.3 is 15.3 Å². The van der Waals surface area contributed by atoms with E-state index in [9.17, 15) is 9.59 Å². The van der Waals surface area contributed by atoms with Crippen molar-refractivity contribution >= 4 is 11.9 Å². The van der Waals surface area contributed by atoms with Gasteiger partial charge in [0.05, 0.1) is 6.42 Å². The Balaban J connectivity index is 4.64. The monoisotopic (exact) mass is 258 g/mol. The van der Waals surface area contributed by atoms with E-state index in [-0.39, 0.29) is 30.3 Å². The van der Waals surface area contributed by atoms with Crippen LogP contribution in [-0.2, 0) is 9.59 Å². The minimum atomic E-state index is -0.878. The van der Waals surface area contributed by atoms with Crippen molar-refractivity contribution in [1.29, 1.82) is 0 Å². The zero-order valence-electron chi connectivity index (χ0n) is 12.1. The van der Waals surface area contributed by atoms with Crippen LogP contribution in [0.5, 0.6) is 0 Å². The van der Waals surface area contributed by atoms with E-state index in [2.05, 4.69) is 5.32 Å². The van der Waals surface area contributed by atoms with E-state index in [1.165, 1.54) is 0 Å². The number of hydrogen-bond acceptors (Lipinski definition) is 3. The Kier molecular flexibility index (Phi) is 6.91. The first-order valence-corrected chi connectivity index (χ1v) is 6.44. The van der Waals surface area contributed by atoms with Gasteiger partial charge >= 0.3 is 5.97 Å². The van der Waals surface area contributed by atoms with E-state index in [4.69, 9.17) is 5.11 Å². The summed E-state index contributed by atoms with van der Waals surface area (Å²) < 4.78 is 0. The third kappa shape index (κ3) is 6.00. The number of carboxylic acids is 1. The van der Waals surface area contributed by atoms with Gasteiger partial charge in [0.2, 0.25) is 5.91 Å². The summed E-state index contributed by atoms with van der Waals surface area (Å²) in [6, 6.07) is 0. The lowest BCUT2D eigenvalue weighted by Crippen LogP contribution is -2.50. The fourth-order valence-electron chi connectivity index (χ4n) is 1.70. The molecule has 0 aliphatic rings. The number of amides is 1. The molecular formula is C13H26N2O3. The summed E-state index contributed by atoms with van der Waals surface area (Å²) in [6.07, 6.45) is -0.0169. The SMILES string of the molecule is CCNCC(C)C(=O)N(CCC(=O)O)C(C)(C)C. The molecule has 0 heterocycles. The second-order valence-electron chi connectivity index (χ2n) is 5.51. The van der Waals surface area contributed by atoms with Crippen molar-refractivity contribution in [3.63, 3.8) is 0 Å². The number of hydrogen-bond donors (Lipinski definition) is 2. The maximum absolute atomic E-state index is 12.3. The van der Waals surface area contributed by atoms with Gasteiger partial charge in [-0.2, -0.15) is 0 Å². The smallest absolute Gasteiger partial charge is 0.305 e. The van der Waals surface area contributed by atoms with Gasteiger partial charge in [-0.3, -0.25) is 9.59 Å². The molecule has 5 heteroatoms. The zero-order valence-corrected chi connectivity index (χ0v) is 12.1. The summed E-state index contributed by atoms with van der Waals surface area (Å²) in [7, 11) is 0. The molecule has 1 unspecified atom stereocenters. The standard InChI is InChI=1S/C13H26N2O3/c1-6-14-9-10(2)12(18)15(13(3,4)5)8-7-11(16)17/h10,14H,6-9H2,1-5H3,(H,16,17). The number of carbonyl (C=O) groups excluding carboxylic acids is 1. The van der Waals surface area contributed by atoms with Crippen LogP contribution >= 0.6 is 0 Å². The molecule has 0 aromatic carbocycles. The molecule has 0 saturated carbocycles. The van der Waals surface area contributed by atoms with Crippen LogP contribution in [0.1, 0.15) is 41.0 Å². The highest BCUT2D eigenvalue weighted by atomic mass is 16.4. The fraction of sp³-hybridized carbons (Fsp3) is 0.846. The Morgan fingerprint density at radius 1 is 1.33 bits per heavy atom. The molecule has 0 aromatic heterocycles. The molecule has 0 aliphatic carbocycles. The van der Waals surface area contributed by atoms with Crippen LogP contribution in [0.15, 0.2) is 0 Å². The second kappa shape index (κ2) is 7.36. The first-order chi connectivity index (χ1) is 8.20. The summed E-state index contributed by atoms with van der Waals surface area (Å²) in [5.41, 5.74) is -0.354. The number of rotatable bonds is 7. The van der Waals surface area contributed by atoms with Gasteiger partial charge in [-0.05, 0) is 27.3 Å². The Bertz CT molecular complexity index is 284. The normalized spacial score (nSPS) is 13.2. The van der Waals surface area contributed by atoms with Gasteiger partial charge in [0.25, 0.3) is 0 Å². The van der Waals surface area contributed by atoms with Crippen molar-refractivity contribution in [1.82, 2.24) is 10.2 Å². The van der Waals surface area contributed by atoms with Crippen LogP contribution in [0.4, 0.5) is 0 Å². The molecule has 0 rings (SSSR count).